The zero-order valence-corrected chi connectivity index (χ0v) is 20.4. The molecule has 0 aliphatic carbocycles. The molecule has 0 saturated heterocycles. The Morgan fingerprint density at radius 3 is 2.14 bits per heavy atom. The van der Waals surface area contributed by atoms with Crippen LogP contribution in [0.25, 0.3) is 0 Å². The summed E-state index contributed by atoms with van der Waals surface area (Å²) in [6.45, 7) is 0. The second kappa shape index (κ2) is 10.6. The molecule has 36 heavy (non-hydrogen) atoms. The molecule has 1 heterocycles. The Hall–Kier alpha value is -4.20. The van der Waals surface area contributed by atoms with Crippen molar-refractivity contribution in [2.75, 3.05) is 17.3 Å². The Balaban J connectivity index is 1.59. The van der Waals surface area contributed by atoms with E-state index in [1.54, 1.807) is 48.7 Å². The van der Waals surface area contributed by atoms with E-state index in [-0.39, 0.29) is 28.1 Å². The number of nitrogens with zero attached hydrogens (tertiary/aromatic N) is 2. The number of nitrogens with one attached hydrogen (secondary N) is 1. The summed E-state index contributed by atoms with van der Waals surface area (Å²) >= 11 is 11.9. The fraction of sp³-hybridized carbons (Fsp3) is 0.0370. The second-order valence-corrected chi connectivity index (χ2v) is 8.71. The number of carbonyl (C=O) groups excluding carboxylic acids is 2. The van der Waals surface area contributed by atoms with E-state index in [1.807, 2.05) is 24.1 Å². The van der Waals surface area contributed by atoms with Gasteiger partial charge in [-0.2, -0.15) is 0 Å². The number of pyridine rings is 1. The highest BCUT2D eigenvalue weighted by Crippen LogP contribution is 2.25. The molecule has 0 unspecified atom stereocenters. The molecule has 2 N–H and O–H groups in total. The van der Waals surface area contributed by atoms with E-state index in [2.05, 4.69) is 10.3 Å². The third-order valence-electron chi connectivity index (χ3n) is 5.37. The SMILES string of the molecule is CN(c1ccc(Cl)cc1)c1ccc(C(=O)c2cc(NC(=O)c3cccc(Cl)c3)cc(C(=O)O)c2)nc1. The average molecular weight is 520 g/mol. The van der Waals surface area contributed by atoms with E-state index in [0.29, 0.717) is 10.0 Å². The van der Waals surface area contributed by atoms with Gasteiger partial charge in [0.05, 0.1) is 17.4 Å². The minimum Gasteiger partial charge on any atom is -0.478 e. The summed E-state index contributed by atoms with van der Waals surface area (Å²) in [5.41, 5.74) is 2.11. The first-order valence-electron chi connectivity index (χ1n) is 10.7. The molecule has 0 spiro atoms. The highest BCUT2D eigenvalue weighted by atomic mass is 35.5. The van der Waals surface area contributed by atoms with Gasteiger partial charge >= 0.3 is 5.97 Å². The molecule has 3 aromatic carbocycles. The number of hydrogen-bond donors (Lipinski definition) is 2. The van der Waals surface area contributed by atoms with Gasteiger partial charge in [-0.3, -0.25) is 14.6 Å². The van der Waals surface area contributed by atoms with Crippen LogP contribution in [0, 0.1) is 0 Å². The molecule has 0 saturated carbocycles. The van der Waals surface area contributed by atoms with Crippen molar-refractivity contribution >= 4 is 57.9 Å². The maximum atomic E-state index is 13.1. The monoisotopic (exact) mass is 519 g/mol. The van der Waals surface area contributed by atoms with Crippen LogP contribution in [-0.2, 0) is 0 Å². The van der Waals surface area contributed by atoms with Crippen LogP contribution in [0.2, 0.25) is 10.0 Å². The lowest BCUT2D eigenvalue weighted by molar-refractivity contribution is 0.0696. The summed E-state index contributed by atoms with van der Waals surface area (Å²) in [5, 5.41) is 13.2. The van der Waals surface area contributed by atoms with Gasteiger partial charge in [0.1, 0.15) is 5.69 Å². The van der Waals surface area contributed by atoms with Crippen molar-refractivity contribution in [3.05, 3.63) is 117 Å². The first kappa shape index (κ1) is 24.9. The number of carboxylic acid groups (broad SMARTS) is 1. The number of hydrogen-bond acceptors (Lipinski definition) is 5. The first-order valence-corrected chi connectivity index (χ1v) is 11.4. The summed E-state index contributed by atoms with van der Waals surface area (Å²) in [6.07, 6.45) is 1.55. The molecule has 0 aliphatic heterocycles. The predicted molar refractivity (Wildman–Crippen MR) is 140 cm³/mol. The highest BCUT2D eigenvalue weighted by molar-refractivity contribution is 6.31. The third-order valence-corrected chi connectivity index (χ3v) is 5.86. The molecule has 1 amide bonds. The molecule has 7 nitrogen and oxygen atoms in total. The van der Waals surface area contributed by atoms with E-state index in [0.717, 1.165) is 11.4 Å². The Kier molecular flexibility index (Phi) is 7.33. The molecule has 0 bridgehead atoms. The summed E-state index contributed by atoms with van der Waals surface area (Å²) in [5.74, 6) is -2.22. The fourth-order valence-electron chi connectivity index (χ4n) is 3.47. The zero-order valence-electron chi connectivity index (χ0n) is 18.9. The standard InChI is InChI=1S/C27H19Cl2N3O4/c1-32(22-7-5-19(28)6-8-22)23-9-10-24(30-15-23)25(33)17-11-18(27(35)36)14-21(13-17)31-26(34)16-3-2-4-20(29)12-16/h2-15H,1H3,(H,31,34)(H,35,36). The Labute approximate surface area is 216 Å². The maximum Gasteiger partial charge on any atom is 0.335 e. The van der Waals surface area contributed by atoms with Gasteiger partial charge < -0.3 is 15.3 Å². The highest BCUT2D eigenvalue weighted by Gasteiger charge is 2.17. The Morgan fingerprint density at radius 1 is 0.806 bits per heavy atom. The number of ketones is 1. The molecule has 0 atom stereocenters. The van der Waals surface area contributed by atoms with Crippen LogP contribution in [0.1, 0.15) is 36.8 Å². The molecule has 180 valence electrons. The quantitative estimate of drug-likeness (QED) is 0.276. The van der Waals surface area contributed by atoms with Crippen molar-refractivity contribution in [1.29, 1.82) is 0 Å². The number of carboxylic acids is 1. The van der Waals surface area contributed by atoms with E-state index in [9.17, 15) is 19.5 Å². The van der Waals surface area contributed by atoms with Crippen molar-refractivity contribution < 1.29 is 19.5 Å². The molecule has 4 aromatic rings. The van der Waals surface area contributed by atoms with Crippen molar-refractivity contribution in [3.8, 4) is 0 Å². The molecule has 0 aliphatic rings. The number of aromatic carboxylic acids is 1. The van der Waals surface area contributed by atoms with Crippen LogP contribution in [0.5, 0.6) is 0 Å². The number of aromatic nitrogens is 1. The molecule has 1 aromatic heterocycles. The van der Waals surface area contributed by atoms with E-state index >= 15 is 0 Å². The topological polar surface area (TPSA) is 99.6 Å². The van der Waals surface area contributed by atoms with E-state index < -0.39 is 17.7 Å². The van der Waals surface area contributed by atoms with Gasteiger partial charge in [-0.25, -0.2) is 4.79 Å². The van der Waals surface area contributed by atoms with Gasteiger partial charge in [0, 0.05) is 39.6 Å². The summed E-state index contributed by atoms with van der Waals surface area (Å²) in [4.78, 5) is 43.6. The van der Waals surface area contributed by atoms with Gasteiger partial charge in [0.2, 0.25) is 5.78 Å². The smallest absolute Gasteiger partial charge is 0.335 e. The average Bonchev–Trinajstić information content (AvgIpc) is 2.88. The van der Waals surface area contributed by atoms with Crippen molar-refractivity contribution in [1.82, 2.24) is 4.98 Å². The number of rotatable bonds is 7. The maximum absolute atomic E-state index is 13.1. The van der Waals surface area contributed by atoms with Crippen LogP contribution in [0.15, 0.2) is 85.1 Å². The van der Waals surface area contributed by atoms with Crippen LogP contribution in [0.4, 0.5) is 17.1 Å². The van der Waals surface area contributed by atoms with Gasteiger partial charge in [-0.15, -0.1) is 0 Å². The van der Waals surface area contributed by atoms with E-state index in [4.69, 9.17) is 23.2 Å². The fourth-order valence-corrected chi connectivity index (χ4v) is 3.78. The second-order valence-electron chi connectivity index (χ2n) is 7.83. The number of amides is 1. The zero-order chi connectivity index (χ0) is 25.8. The molecule has 9 heteroatoms. The van der Waals surface area contributed by atoms with Crippen molar-refractivity contribution in [2.45, 2.75) is 0 Å². The van der Waals surface area contributed by atoms with Crippen LogP contribution >= 0.6 is 23.2 Å². The number of halogens is 2. The first-order chi connectivity index (χ1) is 17.2. The Bertz CT molecular complexity index is 1460. The Morgan fingerprint density at radius 2 is 1.50 bits per heavy atom. The normalized spacial score (nSPS) is 10.5. The largest absolute Gasteiger partial charge is 0.478 e. The van der Waals surface area contributed by atoms with Gasteiger partial charge in [-0.05, 0) is 72.8 Å². The summed E-state index contributed by atoms with van der Waals surface area (Å²) in [7, 11) is 1.85. The predicted octanol–water partition coefficient (Wildman–Crippen LogP) is 6.34. The lowest BCUT2D eigenvalue weighted by Gasteiger charge is -2.19. The van der Waals surface area contributed by atoms with E-state index in [1.165, 1.54) is 24.3 Å². The number of carbonyl (C=O) groups is 3. The van der Waals surface area contributed by atoms with Gasteiger partial charge in [0.15, 0.2) is 0 Å². The molecule has 4 rings (SSSR count). The molecular formula is C27H19Cl2N3O4. The lowest BCUT2D eigenvalue weighted by Crippen LogP contribution is -2.14. The van der Waals surface area contributed by atoms with Crippen molar-refractivity contribution in [3.63, 3.8) is 0 Å². The third kappa shape index (κ3) is 5.71. The molecule has 0 fully saturated rings. The van der Waals surface area contributed by atoms with Gasteiger partial charge in [0.25, 0.3) is 5.91 Å². The van der Waals surface area contributed by atoms with Crippen LogP contribution in [-0.4, -0.2) is 34.8 Å². The minimum atomic E-state index is -1.24. The molecular weight excluding hydrogens is 501 g/mol. The number of benzene rings is 3. The number of anilines is 3. The van der Waals surface area contributed by atoms with Gasteiger partial charge in [-0.1, -0.05) is 29.3 Å². The summed E-state index contributed by atoms with van der Waals surface area (Å²) in [6, 6.07) is 20.8. The minimum absolute atomic E-state index is 0.0719. The lowest BCUT2D eigenvalue weighted by atomic mass is 10.0. The van der Waals surface area contributed by atoms with Crippen LogP contribution in [0.3, 0.4) is 0 Å². The summed E-state index contributed by atoms with van der Waals surface area (Å²) < 4.78 is 0. The molecule has 0 radical (unpaired) electrons. The van der Waals surface area contributed by atoms with Crippen LogP contribution < -0.4 is 10.2 Å². The van der Waals surface area contributed by atoms with Crippen molar-refractivity contribution in [2.24, 2.45) is 0 Å².